The fourth-order valence-electron chi connectivity index (χ4n) is 3.31. The summed E-state index contributed by atoms with van der Waals surface area (Å²) in [5, 5.41) is 9.29. The van der Waals surface area contributed by atoms with Crippen molar-refractivity contribution < 1.29 is 19.4 Å². The standard InChI is InChI=1S/C20H29NO4/c1-3-4-13-25-15(2)19(22)21-11-9-16(10-12-21)14-17-7-5-6-8-18(17)20(23)24/h5-8,15-16H,3-4,9-14H2,1-2H3,(H,23,24). The molecule has 0 bridgehead atoms. The molecule has 5 nitrogen and oxygen atoms in total. The van der Waals surface area contributed by atoms with Gasteiger partial charge in [-0.05, 0) is 50.2 Å². The fraction of sp³-hybridized carbons (Fsp3) is 0.600. The van der Waals surface area contributed by atoms with E-state index in [9.17, 15) is 14.7 Å². The molecule has 1 heterocycles. The van der Waals surface area contributed by atoms with E-state index in [0.717, 1.165) is 50.8 Å². The minimum absolute atomic E-state index is 0.0699. The summed E-state index contributed by atoms with van der Waals surface area (Å²) < 4.78 is 5.61. The first kappa shape index (κ1) is 19.4. The van der Waals surface area contributed by atoms with Gasteiger partial charge in [0.25, 0.3) is 5.91 Å². The van der Waals surface area contributed by atoms with Crippen molar-refractivity contribution in [2.75, 3.05) is 19.7 Å². The van der Waals surface area contributed by atoms with Gasteiger partial charge in [0.15, 0.2) is 0 Å². The number of carboxylic acid groups (broad SMARTS) is 1. The first-order valence-electron chi connectivity index (χ1n) is 9.24. The molecular formula is C20H29NO4. The smallest absolute Gasteiger partial charge is 0.335 e. The average molecular weight is 347 g/mol. The van der Waals surface area contributed by atoms with E-state index in [4.69, 9.17) is 4.74 Å². The van der Waals surface area contributed by atoms with Crippen LogP contribution in [0.3, 0.4) is 0 Å². The lowest BCUT2D eigenvalue weighted by Gasteiger charge is -2.33. The lowest BCUT2D eigenvalue weighted by Crippen LogP contribution is -2.44. The predicted molar refractivity (Wildman–Crippen MR) is 96.7 cm³/mol. The lowest BCUT2D eigenvalue weighted by atomic mass is 9.88. The number of rotatable bonds is 8. The van der Waals surface area contributed by atoms with Crippen LogP contribution in [0.1, 0.15) is 55.5 Å². The van der Waals surface area contributed by atoms with Gasteiger partial charge in [-0.2, -0.15) is 0 Å². The van der Waals surface area contributed by atoms with Gasteiger partial charge < -0.3 is 14.7 Å². The van der Waals surface area contributed by atoms with Crippen molar-refractivity contribution in [3.63, 3.8) is 0 Å². The van der Waals surface area contributed by atoms with Crippen LogP contribution in [0.4, 0.5) is 0 Å². The Labute approximate surface area is 150 Å². The van der Waals surface area contributed by atoms with Crippen molar-refractivity contribution in [2.45, 2.75) is 52.1 Å². The zero-order valence-electron chi connectivity index (χ0n) is 15.2. The second-order valence-corrected chi connectivity index (χ2v) is 6.80. The topological polar surface area (TPSA) is 66.8 Å². The number of carboxylic acids is 1. The number of benzene rings is 1. The van der Waals surface area contributed by atoms with Crippen LogP contribution in [-0.4, -0.2) is 47.7 Å². The first-order chi connectivity index (χ1) is 12.0. The van der Waals surface area contributed by atoms with Gasteiger partial charge in [0, 0.05) is 19.7 Å². The van der Waals surface area contributed by atoms with E-state index in [1.54, 1.807) is 12.1 Å². The van der Waals surface area contributed by atoms with Gasteiger partial charge in [0.05, 0.1) is 5.56 Å². The minimum atomic E-state index is -0.874. The molecule has 1 N–H and O–H groups in total. The first-order valence-corrected chi connectivity index (χ1v) is 9.24. The van der Waals surface area contributed by atoms with Gasteiger partial charge in [-0.15, -0.1) is 0 Å². The fourth-order valence-corrected chi connectivity index (χ4v) is 3.31. The molecule has 1 saturated heterocycles. The monoisotopic (exact) mass is 347 g/mol. The SMILES string of the molecule is CCCCOC(C)C(=O)N1CCC(Cc2ccccc2C(=O)O)CC1. The van der Waals surface area contributed by atoms with Gasteiger partial charge in [0.2, 0.25) is 0 Å². The van der Waals surface area contributed by atoms with Crippen molar-refractivity contribution in [1.29, 1.82) is 0 Å². The Morgan fingerprint density at radius 3 is 2.60 bits per heavy atom. The molecule has 1 amide bonds. The molecular weight excluding hydrogens is 318 g/mol. The van der Waals surface area contributed by atoms with Crippen molar-refractivity contribution in [3.8, 4) is 0 Å². The second-order valence-electron chi connectivity index (χ2n) is 6.80. The molecule has 1 aliphatic heterocycles. The Morgan fingerprint density at radius 2 is 1.96 bits per heavy atom. The van der Waals surface area contributed by atoms with Gasteiger partial charge in [-0.1, -0.05) is 31.5 Å². The van der Waals surface area contributed by atoms with Crippen LogP contribution < -0.4 is 0 Å². The highest BCUT2D eigenvalue weighted by atomic mass is 16.5. The molecule has 1 atom stereocenters. The average Bonchev–Trinajstić information content (AvgIpc) is 2.62. The summed E-state index contributed by atoms with van der Waals surface area (Å²) in [4.78, 5) is 25.6. The van der Waals surface area contributed by atoms with Crippen molar-refractivity contribution in [2.24, 2.45) is 5.92 Å². The number of nitrogens with zero attached hydrogens (tertiary/aromatic N) is 1. The number of piperidine rings is 1. The van der Waals surface area contributed by atoms with E-state index in [1.807, 2.05) is 24.0 Å². The normalized spacial score (nSPS) is 16.6. The Kier molecular flexibility index (Phi) is 7.44. The second kappa shape index (κ2) is 9.56. The number of unbranched alkanes of at least 4 members (excludes halogenated alkanes) is 1. The molecule has 2 rings (SSSR count). The molecule has 0 spiro atoms. The number of ether oxygens (including phenoxy) is 1. The number of carbonyl (C=O) groups is 2. The quantitative estimate of drug-likeness (QED) is 0.732. The van der Waals surface area contributed by atoms with Crippen molar-refractivity contribution in [3.05, 3.63) is 35.4 Å². The number of amides is 1. The van der Waals surface area contributed by atoms with E-state index in [2.05, 4.69) is 6.92 Å². The van der Waals surface area contributed by atoms with Crippen molar-refractivity contribution in [1.82, 2.24) is 4.90 Å². The molecule has 0 aromatic heterocycles. The van der Waals surface area contributed by atoms with Crippen LogP contribution in [0, 0.1) is 5.92 Å². The highest BCUT2D eigenvalue weighted by Crippen LogP contribution is 2.24. The Bertz CT molecular complexity index is 579. The Balaban J connectivity index is 1.83. The third-order valence-electron chi connectivity index (χ3n) is 4.90. The number of likely N-dealkylation sites (tertiary alicyclic amines) is 1. The zero-order chi connectivity index (χ0) is 18.2. The maximum Gasteiger partial charge on any atom is 0.335 e. The summed E-state index contributed by atoms with van der Waals surface area (Å²) in [6.45, 7) is 6.00. The summed E-state index contributed by atoms with van der Waals surface area (Å²) in [6, 6.07) is 7.19. The third kappa shape index (κ3) is 5.56. The van der Waals surface area contributed by atoms with Crippen LogP contribution in [0.2, 0.25) is 0 Å². The highest BCUT2D eigenvalue weighted by Gasteiger charge is 2.27. The molecule has 1 fully saturated rings. The van der Waals surface area contributed by atoms with Gasteiger partial charge in [-0.25, -0.2) is 4.79 Å². The van der Waals surface area contributed by atoms with Crippen LogP contribution in [-0.2, 0) is 16.0 Å². The number of hydrogen-bond donors (Lipinski definition) is 1. The number of aromatic carboxylic acids is 1. The van der Waals surface area contributed by atoms with E-state index >= 15 is 0 Å². The maximum absolute atomic E-state index is 12.4. The van der Waals surface area contributed by atoms with Crippen LogP contribution >= 0.6 is 0 Å². The highest BCUT2D eigenvalue weighted by molar-refractivity contribution is 5.89. The van der Waals surface area contributed by atoms with E-state index in [0.29, 0.717) is 18.1 Å². The summed E-state index contributed by atoms with van der Waals surface area (Å²) in [5.41, 5.74) is 1.27. The number of carbonyl (C=O) groups excluding carboxylic acids is 1. The van der Waals surface area contributed by atoms with Gasteiger partial charge in [0.1, 0.15) is 6.10 Å². The van der Waals surface area contributed by atoms with Gasteiger partial charge in [-0.3, -0.25) is 4.79 Å². The molecule has 1 aromatic carbocycles. The van der Waals surface area contributed by atoms with E-state index in [-0.39, 0.29) is 12.0 Å². The predicted octanol–water partition coefficient (Wildman–Crippen LogP) is 3.37. The molecule has 5 heteroatoms. The maximum atomic E-state index is 12.4. The summed E-state index contributed by atoms with van der Waals surface area (Å²) in [5.74, 6) is -0.386. The molecule has 1 unspecified atom stereocenters. The summed E-state index contributed by atoms with van der Waals surface area (Å²) in [6.07, 6.45) is 4.22. The Hall–Kier alpha value is -1.88. The zero-order valence-corrected chi connectivity index (χ0v) is 15.2. The van der Waals surface area contributed by atoms with E-state index in [1.165, 1.54) is 0 Å². The molecule has 1 aromatic rings. The Morgan fingerprint density at radius 1 is 1.28 bits per heavy atom. The largest absolute Gasteiger partial charge is 0.478 e. The van der Waals surface area contributed by atoms with Crippen LogP contribution in [0.15, 0.2) is 24.3 Å². The van der Waals surface area contributed by atoms with Crippen LogP contribution in [0.25, 0.3) is 0 Å². The molecule has 0 aliphatic carbocycles. The molecule has 0 radical (unpaired) electrons. The van der Waals surface area contributed by atoms with Gasteiger partial charge >= 0.3 is 5.97 Å². The minimum Gasteiger partial charge on any atom is -0.478 e. The number of hydrogen-bond acceptors (Lipinski definition) is 3. The van der Waals surface area contributed by atoms with E-state index < -0.39 is 5.97 Å². The summed E-state index contributed by atoms with van der Waals surface area (Å²) >= 11 is 0. The molecule has 0 saturated carbocycles. The summed E-state index contributed by atoms with van der Waals surface area (Å²) in [7, 11) is 0. The van der Waals surface area contributed by atoms with Crippen molar-refractivity contribution >= 4 is 11.9 Å². The molecule has 1 aliphatic rings. The third-order valence-corrected chi connectivity index (χ3v) is 4.90. The lowest BCUT2D eigenvalue weighted by molar-refractivity contribution is -0.144. The van der Waals surface area contributed by atoms with Crippen LogP contribution in [0.5, 0.6) is 0 Å². The molecule has 25 heavy (non-hydrogen) atoms. The molecule has 138 valence electrons.